The first-order valence-electron chi connectivity index (χ1n) is 4.66. The molecular formula is C10H9N3O3S. The minimum Gasteiger partial charge on any atom is -0.477 e. The number of hydrogen-bond donors (Lipinski definition) is 2. The van der Waals surface area contributed by atoms with E-state index < -0.39 is 5.97 Å². The zero-order chi connectivity index (χ0) is 12.4. The number of aryl methyl sites for hydroxylation is 1. The van der Waals surface area contributed by atoms with Crippen molar-refractivity contribution in [2.24, 2.45) is 0 Å². The van der Waals surface area contributed by atoms with E-state index in [2.05, 4.69) is 9.97 Å². The first kappa shape index (κ1) is 11.5. The standard InChI is InChI=1S/C10H9N3O3S/c1-5-4-16-10(12-5)17-8-6(11)2-3-7(13-8)9(14)15/h2-4H,11H2,1H3,(H,14,15). The summed E-state index contributed by atoms with van der Waals surface area (Å²) in [6, 6.07) is 2.84. The third kappa shape index (κ3) is 2.56. The predicted molar refractivity (Wildman–Crippen MR) is 61.0 cm³/mol. The molecule has 2 aromatic rings. The Bertz CT molecular complexity index is 568. The fraction of sp³-hybridized carbons (Fsp3) is 0.100. The minimum absolute atomic E-state index is 0.0648. The first-order valence-corrected chi connectivity index (χ1v) is 5.47. The predicted octanol–water partition coefficient (Wildman–Crippen LogP) is 1.81. The lowest BCUT2D eigenvalue weighted by molar-refractivity contribution is 0.0690. The van der Waals surface area contributed by atoms with Gasteiger partial charge in [-0.05, 0) is 30.8 Å². The number of pyridine rings is 1. The van der Waals surface area contributed by atoms with Crippen LogP contribution in [0.15, 0.2) is 33.1 Å². The van der Waals surface area contributed by atoms with Crippen LogP contribution in [0.2, 0.25) is 0 Å². The summed E-state index contributed by atoms with van der Waals surface area (Å²) >= 11 is 1.09. The van der Waals surface area contributed by atoms with Crippen LogP contribution in [0.3, 0.4) is 0 Å². The van der Waals surface area contributed by atoms with Crippen molar-refractivity contribution in [1.29, 1.82) is 0 Å². The third-order valence-corrected chi connectivity index (χ3v) is 2.77. The lowest BCUT2D eigenvalue weighted by Crippen LogP contribution is -2.02. The number of rotatable bonds is 3. The summed E-state index contributed by atoms with van der Waals surface area (Å²) in [4.78, 5) is 18.8. The molecule has 0 unspecified atom stereocenters. The average molecular weight is 251 g/mol. The Labute approximate surface area is 101 Å². The topological polar surface area (TPSA) is 102 Å². The van der Waals surface area contributed by atoms with Gasteiger partial charge in [0.15, 0.2) is 0 Å². The Hall–Kier alpha value is -2.02. The highest BCUT2D eigenvalue weighted by atomic mass is 32.2. The lowest BCUT2D eigenvalue weighted by Gasteiger charge is -2.02. The van der Waals surface area contributed by atoms with Gasteiger partial charge in [0.2, 0.25) is 0 Å². The molecule has 0 atom stereocenters. The molecule has 88 valence electrons. The molecule has 0 aliphatic heterocycles. The maximum atomic E-state index is 10.8. The van der Waals surface area contributed by atoms with E-state index in [1.807, 2.05) is 0 Å². The van der Waals surface area contributed by atoms with Crippen LogP contribution < -0.4 is 5.73 Å². The van der Waals surface area contributed by atoms with Gasteiger partial charge in [0, 0.05) is 0 Å². The molecule has 0 radical (unpaired) electrons. The zero-order valence-corrected chi connectivity index (χ0v) is 9.69. The Morgan fingerprint density at radius 2 is 2.24 bits per heavy atom. The number of aromatic carboxylic acids is 1. The molecule has 2 aromatic heterocycles. The SMILES string of the molecule is Cc1coc(Sc2nc(C(=O)O)ccc2N)n1. The number of nitrogens with zero attached hydrogens (tertiary/aromatic N) is 2. The molecule has 3 N–H and O–H groups in total. The number of oxazole rings is 1. The van der Waals surface area contributed by atoms with Crippen molar-refractivity contribution >= 4 is 23.4 Å². The summed E-state index contributed by atoms with van der Waals surface area (Å²) in [6.07, 6.45) is 1.50. The molecule has 6 nitrogen and oxygen atoms in total. The number of carboxylic acid groups (broad SMARTS) is 1. The molecule has 0 spiro atoms. The minimum atomic E-state index is -1.10. The van der Waals surface area contributed by atoms with Gasteiger partial charge >= 0.3 is 5.97 Å². The largest absolute Gasteiger partial charge is 0.477 e. The number of nitrogens with two attached hydrogens (primary N) is 1. The molecule has 2 heterocycles. The third-order valence-electron chi connectivity index (χ3n) is 1.89. The highest BCUT2D eigenvalue weighted by Gasteiger charge is 2.12. The van der Waals surface area contributed by atoms with Gasteiger partial charge in [-0.15, -0.1) is 0 Å². The van der Waals surface area contributed by atoms with Crippen molar-refractivity contribution in [2.75, 3.05) is 5.73 Å². The smallest absolute Gasteiger partial charge is 0.354 e. The van der Waals surface area contributed by atoms with E-state index in [1.165, 1.54) is 18.4 Å². The normalized spacial score (nSPS) is 10.4. The van der Waals surface area contributed by atoms with E-state index in [0.29, 0.717) is 15.9 Å². The molecule has 0 aliphatic rings. The van der Waals surface area contributed by atoms with Crippen molar-refractivity contribution in [1.82, 2.24) is 9.97 Å². The van der Waals surface area contributed by atoms with Crippen LogP contribution in [0.4, 0.5) is 5.69 Å². The molecule has 17 heavy (non-hydrogen) atoms. The quantitative estimate of drug-likeness (QED) is 0.857. The summed E-state index contributed by atoms with van der Waals surface area (Å²) in [5, 5.41) is 9.57. The molecular weight excluding hydrogens is 242 g/mol. The molecule has 0 fully saturated rings. The Balaban J connectivity index is 2.31. The summed E-state index contributed by atoms with van der Waals surface area (Å²) < 4.78 is 5.13. The van der Waals surface area contributed by atoms with Gasteiger partial charge in [-0.2, -0.15) is 0 Å². The highest BCUT2D eigenvalue weighted by Crippen LogP contribution is 2.29. The number of carboxylic acids is 1. The van der Waals surface area contributed by atoms with Crippen LogP contribution in [0.5, 0.6) is 0 Å². The van der Waals surface area contributed by atoms with Crippen molar-refractivity contribution < 1.29 is 14.3 Å². The molecule has 0 saturated carbocycles. The summed E-state index contributed by atoms with van der Waals surface area (Å²) in [7, 11) is 0. The second kappa shape index (κ2) is 4.46. The maximum absolute atomic E-state index is 10.8. The van der Waals surface area contributed by atoms with Crippen molar-refractivity contribution in [2.45, 2.75) is 17.2 Å². The number of anilines is 1. The maximum Gasteiger partial charge on any atom is 0.354 e. The Morgan fingerprint density at radius 3 is 2.82 bits per heavy atom. The van der Waals surface area contributed by atoms with Gasteiger partial charge in [-0.25, -0.2) is 14.8 Å². The fourth-order valence-corrected chi connectivity index (χ4v) is 1.90. The molecule has 0 aromatic carbocycles. The van der Waals surface area contributed by atoms with E-state index in [4.69, 9.17) is 15.3 Å². The second-order valence-corrected chi connectivity index (χ2v) is 4.19. The van der Waals surface area contributed by atoms with Crippen molar-refractivity contribution in [3.63, 3.8) is 0 Å². The van der Waals surface area contributed by atoms with E-state index in [1.54, 1.807) is 6.92 Å². The van der Waals surface area contributed by atoms with E-state index in [0.717, 1.165) is 17.5 Å². The van der Waals surface area contributed by atoms with Crippen LogP contribution >= 0.6 is 11.8 Å². The monoisotopic (exact) mass is 251 g/mol. The molecule has 2 rings (SSSR count). The summed E-state index contributed by atoms with van der Waals surface area (Å²) in [6.45, 7) is 1.79. The van der Waals surface area contributed by atoms with Crippen LogP contribution in [0, 0.1) is 6.92 Å². The molecule has 0 bridgehead atoms. The Morgan fingerprint density at radius 1 is 1.47 bits per heavy atom. The summed E-state index contributed by atoms with van der Waals surface area (Å²) in [5.74, 6) is -1.10. The van der Waals surface area contributed by atoms with Gasteiger partial charge in [-0.3, -0.25) is 0 Å². The van der Waals surface area contributed by atoms with Gasteiger partial charge < -0.3 is 15.3 Å². The number of aromatic nitrogens is 2. The van der Waals surface area contributed by atoms with Gasteiger partial charge in [0.1, 0.15) is 17.0 Å². The first-order chi connectivity index (χ1) is 8.06. The van der Waals surface area contributed by atoms with Crippen molar-refractivity contribution in [3.8, 4) is 0 Å². The van der Waals surface area contributed by atoms with Gasteiger partial charge in [0.05, 0.1) is 11.4 Å². The second-order valence-electron chi connectivity index (χ2n) is 3.25. The van der Waals surface area contributed by atoms with Crippen LogP contribution in [0.25, 0.3) is 0 Å². The molecule has 0 aliphatic carbocycles. The number of hydrogen-bond acceptors (Lipinski definition) is 6. The number of carbonyl (C=O) groups is 1. The van der Waals surface area contributed by atoms with E-state index in [-0.39, 0.29) is 5.69 Å². The lowest BCUT2D eigenvalue weighted by atomic mass is 10.3. The molecule has 0 saturated heterocycles. The highest BCUT2D eigenvalue weighted by molar-refractivity contribution is 7.99. The number of nitrogen functional groups attached to an aromatic ring is 1. The van der Waals surface area contributed by atoms with Gasteiger partial charge in [-0.1, -0.05) is 0 Å². The van der Waals surface area contributed by atoms with E-state index in [9.17, 15) is 4.79 Å². The van der Waals surface area contributed by atoms with Gasteiger partial charge in [0.25, 0.3) is 5.22 Å². The fourth-order valence-electron chi connectivity index (χ4n) is 1.11. The summed E-state index contributed by atoms with van der Waals surface area (Å²) in [5.41, 5.74) is 6.76. The van der Waals surface area contributed by atoms with Crippen molar-refractivity contribution in [3.05, 3.63) is 29.8 Å². The van der Waals surface area contributed by atoms with Crippen LogP contribution in [0.1, 0.15) is 16.2 Å². The van der Waals surface area contributed by atoms with Crippen LogP contribution in [-0.2, 0) is 0 Å². The average Bonchev–Trinajstić information content (AvgIpc) is 2.67. The molecule has 7 heteroatoms. The van der Waals surface area contributed by atoms with E-state index >= 15 is 0 Å². The molecule has 0 amide bonds. The Kier molecular flexibility index (Phi) is 3.01. The zero-order valence-electron chi connectivity index (χ0n) is 8.88. The van der Waals surface area contributed by atoms with Crippen LogP contribution in [-0.4, -0.2) is 21.0 Å².